The van der Waals surface area contributed by atoms with Crippen LogP contribution in [0.25, 0.3) is 0 Å². The van der Waals surface area contributed by atoms with Crippen LogP contribution in [0.3, 0.4) is 0 Å². The van der Waals surface area contributed by atoms with Crippen LogP contribution >= 0.6 is 0 Å². The third-order valence-corrected chi connectivity index (χ3v) is 4.89. The average Bonchev–Trinajstić information content (AvgIpc) is 2.78. The van der Waals surface area contributed by atoms with Gasteiger partial charge in [-0.1, -0.05) is 46.1 Å². The molecule has 1 aromatic carbocycles. The van der Waals surface area contributed by atoms with Crippen LogP contribution in [0.15, 0.2) is 12.1 Å². The number of hydrogen-bond donors (Lipinski definition) is 2. The van der Waals surface area contributed by atoms with Crippen LogP contribution < -0.4 is 5.32 Å². The van der Waals surface area contributed by atoms with Crippen molar-refractivity contribution in [3.63, 3.8) is 0 Å². The van der Waals surface area contributed by atoms with Gasteiger partial charge in [-0.3, -0.25) is 0 Å². The second kappa shape index (κ2) is 7.31. The fraction of sp³-hybridized carbons (Fsp3) is 0.684. The minimum absolute atomic E-state index is 0.323. The zero-order valence-corrected chi connectivity index (χ0v) is 14.1. The van der Waals surface area contributed by atoms with Crippen LogP contribution in [0.1, 0.15) is 87.9 Å². The number of nitrogens with one attached hydrogen (secondary N) is 1. The molecule has 0 aromatic heterocycles. The Balaban J connectivity index is 2.18. The maximum atomic E-state index is 10.3. The number of benzene rings is 1. The molecule has 0 saturated heterocycles. The molecule has 0 radical (unpaired) electrons. The zero-order chi connectivity index (χ0) is 15.4. The number of phenolic OH excluding ortho intramolecular Hbond substituents is 1. The van der Waals surface area contributed by atoms with Crippen LogP contribution in [0.5, 0.6) is 5.75 Å². The Morgan fingerprint density at radius 3 is 2.62 bits per heavy atom. The van der Waals surface area contributed by atoms with Crippen molar-refractivity contribution in [2.75, 3.05) is 0 Å². The van der Waals surface area contributed by atoms with Gasteiger partial charge in [0, 0.05) is 17.6 Å². The van der Waals surface area contributed by atoms with Gasteiger partial charge in [0.05, 0.1) is 0 Å². The molecule has 0 heterocycles. The summed E-state index contributed by atoms with van der Waals surface area (Å²) in [5.74, 6) is 1.02. The maximum Gasteiger partial charge on any atom is 0.120 e. The van der Waals surface area contributed by atoms with E-state index in [-0.39, 0.29) is 0 Å². The van der Waals surface area contributed by atoms with E-state index < -0.39 is 0 Å². The van der Waals surface area contributed by atoms with E-state index in [9.17, 15) is 5.11 Å². The Kier molecular flexibility index (Phi) is 5.69. The van der Waals surface area contributed by atoms with Crippen molar-refractivity contribution in [1.29, 1.82) is 0 Å². The lowest BCUT2D eigenvalue weighted by Crippen LogP contribution is -2.32. The molecular weight excluding hydrogens is 258 g/mol. The predicted octanol–water partition coefficient (Wildman–Crippen LogP) is 5.20. The monoisotopic (exact) mass is 289 g/mol. The predicted molar refractivity (Wildman–Crippen MR) is 90.0 cm³/mol. The molecule has 0 fully saturated rings. The highest BCUT2D eigenvalue weighted by atomic mass is 16.3. The molecule has 2 rings (SSSR count). The molecule has 0 amide bonds. The molecule has 0 bridgehead atoms. The van der Waals surface area contributed by atoms with Gasteiger partial charge in [0.25, 0.3) is 0 Å². The first-order valence-electron chi connectivity index (χ1n) is 8.66. The minimum atomic E-state index is 0.323. The van der Waals surface area contributed by atoms with E-state index in [1.165, 1.54) is 48.8 Å². The van der Waals surface area contributed by atoms with E-state index in [2.05, 4.69) is 33.0 Å². The van der Waals surface area contributed by atoms with Gasteiger partial charge in [-0.2, -0.15) is 0 Å². The number of phenols is 1. The van der Waals surface area contributed by atoms with Crippen LogP contribution in [-0.4, -0.2) is 11.1 Å². The summed E-state index contributed by atoms with van der Waals surface area (Å²) in [6.07, 6.45) is 7.34. The molecular formula is C19H31NO. The van der Waals surface area contributed by atoms with Gasteiger partial charge in [-0.05, 0) is 49.3 Å². The molecule has 0 spiro atoms. The smallest absolute Gasteiger partial charge is 0.120 e. The van der Waals surface area contributed by atoms with Crippen LogP contribution in [0.2, 0.25) is 0 Å². The first kappa shape index (κ1) is 16.4. The van der Waals surface area contributed by atoms with Gasteiger partial charge in [-0.25, -0.2) is 0 Å². The molecule has 2 nitrogen and oxygen atoms in total. The highest BCUT2D eigenvalue weighted by Crippen LogP contribution is 2.46. The van der Waals surface area contributed by atoms with Gasteiger partial charge >= 0.3 is 0 Å². The Morgan fingerprint density at radius 2 is 1.95 bits per heavy atom. The molecule has 21 heavy (non-hydrogen) atoms. The molecule has 3 unspecified atom stereocenters. The van der Waals surface area contributed by atoms with Gasteiger partial charge in [0.2, 0.25) is 0 Å². The Hall–Kier alpha value is -1.02. The molecule has 2 heteroatoms. The van der Waals surface area contributed by atoms with Crippen LogP contribution in [-0.2, 0) is 0 Å². The quantitative estimate of drug-likeness (QED) is 0.723. The highest BCUT2D eigenvalue weighted by molar-refractivity contribution is 5.50. The fourth-order valence-corrected chi connectivity index (χ4v) is 3.89. The van der Waals surface area contributed by atoms with Crippen molar-refractivity contribution in [2.45, 2.75) is 84.2 Å². The van der Waals surface area contributed by atoms with E-state index in [0.29, 0.717) is 23.8 Å². The third kappa shape index (κ3) is 3.60. The number of unbranched alkanes of at least 4 members (excludes halogenated alkanes) is 1. The van der Waals surface area contributed by atoms with Crippen molar-refractivity contribution in [3.05, 3.63) is 28.8 Å². The Morgan fingerprint density at radius 1 is 1.19 bits per heavy atom. The largest absolute Gasteiger partial charge is 0.508 e. The number of rotatable bonds is 7. The summed E-state index contributed by atoms with van der Waals surface area (Å²) in [4.78, 5) is 0. The molecule has 1 aliphatic rings. The van der Waals surface area contributed by atoms with Crippen molar-refractivity contribution >= 4 is 0 Å². The zero-order valence-electron chi connectivity index (χ0n) is 14.1. The van der Waals surface area contributed by atoms with E-state index >= 15 is 0 Å². The van der Waals surface area contributed by atoms with Gasteiger partial charge in [0.1, 0.15) is 5.75 Å². The van der Waals surface area contributed by atoms with Crippen molar-refractivity contribution in [2.24, 2.45) is 0 Å². The lowest BCUT2D eigenvalue weighted by atomic mass is 9.97. The molecule has 0 saturated carbocycles. The number of aryl methyl sites for hydroxylation is 1. The van der Waals surface area contributed by atoms with E-state index in [1.807, 2.05) is 12.1 Å². The third-order valence-electron chi connectivity index (χ3n) is 4.89. The molecule has 1 aliphatic carbocycles. The summed E-state index contributed by atoms with van der Waals surface area (Å²) >= 11 is 0. The average molecular weight is 289 g/mol. The second-order valence-electron chi connectivity index (χ2n) is 6.71. The summed E-state index contributed by atoms with van der Waals surface area (Å²) in [5, 5.41) is 14.2. The van der Waals surface area contributed by atoms with E-state index in [0.717, 1.165) is 6.42 Å². The molecule has 3 atom stereocenters. The fourth-order valence-electron chi connectivity index (χ4n) is 3.89. The van der Waals surface area contributed by atoms with Crippen molar-refractivity contribution < 1.29 is 5.11 Å². The summed E-state index contributed by atoms with van der Waals surface area (Å²) < 4.78 is 0. The summed E-state index contributed by atoms with van der Waals surface area (Å²) in [6, 6.07) is 4.82. The van der Waals surface area contributed by atoms with Crippen LogP contribution in [0.4, 0.5) is 0 Å². The summed E-state index contributed by atoms with van der Waals surface area (Å²) in [7, 11) is 0. The van der Waals surface area contributed by atoms with Crippen molar-refractivity contribution in [3.8, 4) is 5.75 Å². The SMILES string of the molecule is CCCCC(CCC)NC1CC(C)c2c(C)ccc(O)c21. The van der Waals surface area contributed by atoms with Crippen molar-refractivity contribution in [1.82, 2.24) is 5.32 Å². The Labute approximate surface area is 130 Å². The minimum Gasteiger partial charge on any atom is -0.508 e. The summed E-state index contributed by atoms with van der Waals surface area (Å²) in [5.41, 5.74) is 3.86. The standard InChI is InChI=1S/C19H31NO/c1-5-7-9-15(8-6-2)20-16-12-14(4)18-13(3)10-11-17(21)19(16)18/h10-11,14-16,20-21H,5-9,12H2,1-4H3. The lowest BCUT2D eigenvalue weighted by Gasteiger charge is -2.24. The maximum absolute atomic E-state index is 10.3. The van der Waals surface area contributed by atoms with E-state index in [4.69, 9.17) is 0 Å². The molecule has 118 valence electrons. The number of fused-ring (bicyclic) bond motifs is 1. The summed E-state index contributed by atoms with van der Waals surface area (Å²) in [6.45, 7) is 8.96. The number of aromatic hydroxyl groups is 1. The second-order valence-corrected chi connectivity index (χ2v) is 6.71. The van der Waals surface area contributed by atoms with Crippen LogP contribution in [0, 0.1) is 6.92 Å². The number of hydrogen-bond acceptors (Lipinski definition) is 2. The first-order valence-corrected chi connectivity index (χ1v) is 8.66. The lowest BCUT2D eigenvalue weighted by molar-refractivity contribution is 0.367. The molecule has 1 aromatic rings. The Bertz CT molecular complexity index is 469. The van der Waals surface area contributed by atoms with Gasteiger partial charge in [0.15, 0.2) is 0 Å². The molecule has 0 aliphatic heterocycles. The normalized spacial score (nSPS) is 22.3. The first-order chi connectivity index (χ1) is 10.1. The topological polar surface area (TPSA) is 32.3 Å². The van der Waals surface area contributed by atoms with E-state index in [1.54, 1.807) is 0 Å². The van der Waals surface area contributed by atoms with Gasteiger partial charge in [-0.15, -0.1) is 0 Å². The molecule has 2 N–H and O–H groups in total. The van der Waals surface area contributed by atoms with Gasteiger partial charge < -0.3 is 10.4 Å². The highest BCUT2D eigenvalue weighted by Gasteiger charge is 2.33.